The summed E-state index contributed by atoms with van der Waals surface area (Å²) in [5.41, 5.74) is 1.37. The van der Waals surface area contributed by atoms with Crippen LogP contribution in [0.4, 0.5) is 0 Å². The van der Waals surface area contributed by atoms with Gasteiger partial charge in [-0.1, -0.05) is 13.0 Å². The summed E-state index contributed by atoms with van der Waals surface area (Å²) in [6.45, 7) is 2.00. The summed E-state index contributed by atoms with van der Waals surface area (Å²) in [6, 6.07) is 3.97. The Morgan fingerprint density at radius 2 is 2.38 bits per heavy atom. The number of aryl methyl sites for hydroxylation is 1. The maximum atomic E-state index is 10.2. The minimum Gasteiger partial charge on any atom is -0.384 e. The molecule has 0 saturated heterocycles. The molecule has 0 unspecified atom stereocenters. The first-order valence-corrected chi connectivity index (χ1v) is 5.33. The van der Waals surface area contributed by atoms with Gasteiger partial charge >= 0.3 is 0 Å². The molecule has 1 heterocycles. The van der Waals surface area contributed by atoms with Crippen LogP contribution >= 0.6 is 15.9 Å². The van der Waals surface area contributed by atoms with Crippen molar-refractivity contribution in [2.24, 2.45) is 0 Å². The summed E-state index contributed by atoms with van der Waals surface area (Å²) in [5, 5.41) is 10.2. The molecule has 0 aliphatic heterocycles. The number of nitrogens with zero attached hydrogens (tertiary/aromatic N) is 1. The molecule has 70 valence electrons. The minimum atomic E-state index is -0.681. The summed E-state index contributed by atoms with van der Waals surface area (Å²) < 4.78 is 0.806. The quantitative estimate of drug-likeness (QED) is 0.767. The highest BCUT2D eigenvalue weighted by molar-refractivity contribution is 9.10. The van der Waals surface area contributed by atoms with Crippen molar-refractivity contribution in [3.05, 3.63) is 28.0 Å². The molecular weight excluding hydrogens is 230 g/mol. The lowest BCUT2D eigenvalue weighted by Gasteiger charge is -2.20. The number of fused-ring (bicyclic) bond motifs is 1. The molecule has 2 rings (SSSR count). The van der Waals surface area contributed by atoms with E-state index in [0.29, 0.717) is 0 Å². The van der Waals surface area contributed by atoms with Crippen molar-refractivity contribution in [3.63, 3.8) is 0 Å². The summed E-state index contributed by atoms with van der Waals surface area (Å²) in [4.78, 5) is 4.34. The smallest absolute Gasteiger partial charge is 0.107 e. The van der Waals surface area contributed by atoms with Gasteiger partial charge in [0.05, 0.1) is 5.69 Å². The monoisotopic (exact) mass is 241 g/mol. The molecule has 1 aromatic rings. The minimum absolute atomic E-state index is 0.681. The Kier molecular flexibility index (Phi) is 2.16. The van der Waals surface area contributed by atoms with Crippen LogP contribution < -0.4 is 0 Å². The Morgan fingerprint density at radius 1 is 1.62 bits per heavy atom. The van der Waals surface area contributed by atoms with Gasteiger partial charge in [0.2, 0.25) is 0 Å². The van der Waals surface area contributed by atoms with E-state index in [-0.39, 0.29) is 0 Å². The van der Waals surface area contributed by atoms with Crippen LogP contribution in [-0.4, -0.2) is 10.1 Å². The molecular formula is C10H12BrNO. The first kappa shape index (κ1) is 9.16. The van der Waals surface area contributed by atoms with Crippen LogP contribution in [0.5, 0.6) is 0 Å². The van der Waals surface area contributed by atoms with E-state index in [1.165, 1.54) is 5.56 Å². The summed E-state index contributed by atoms with van der Waals surface area (Å²) in [7, 11) is 0. The van der Waals surface area contributed by atoms with E-state index in [4.69, 9.17) is 0 Å². The lowest BCUT2D eigenvalue weighted by Crippen LogP contribution is -2.22. The maximum absolute atomic E-state index is 10.2. The Morgan fingerprint density at radius 3 is 3.08 bits per heavy atom. The van der Waals surface area contributed by atoms with E-state index in [9.17, 15) is 5.11 Å². The fourth-order valence-corrected chi connectivity index (χ4v) is 2.18. The van der Waals surface area contributed by atoms with Crippen LogP contribution in [0.25, 0.3) is 0 Å². The summed E-state index contributed by atoms with van der Waals surface area (Å²) >= 11 is 3.32. The van der Waals surface area contributed by atoms with Crippen LogP contribution in [0.1, 0.15) is 31.0 Å². The fourth-order valence-electron chi connectivity index (χ4n) is 1.87. The molecule has 2 nitrogen and oxygen atoms in total. The Labute approximate surface area is 86.1 Å². The SMILES string of the molecule is CC[C@]1(O)CCc2ccc(Br)nc21. The summed E-state index contributed by atoms with van der Waals surface area (Å²) in [5.74, 6) is 0. The first-order valence-electron chi connectivity index (χ1n) is 4.54. The van der Waals surface area contributed by atoms with E-state index in [1.807, 2.05) is 19.1 Å². The lowest BCUT2D eigenvalue weighted by atomic mass is 9.98. The van der Waals surface area contributed by atoms with Gasteiger partial charge in [0.15, 0.2) is 0 Å². The third kappa shape index (κ3) is 1.40. The number of aliphatic hydroxyl groups is 1. The van der Waals surface area contributed by atoms with Gasteiger partial charge in [-0.3, -0.25) is 0 Å². The highest BCUT2D eigenvalue weighted by Gasteiger charge is 2.36. The van der Waals surface area contributed by atoms with E-state index >= 15 is 0 Å². The zero-order chi connectivity index (χ0) is 9.47. The van der Waals surface area contributed by atoms with Crippen molar-refractivity contribution in [2.75, 3.05) is 0 Å². The van der Waals surface area contributed by atoms with Gasteiger partial charge in [-0.2, -0.15) is 0 Å². The average molecular weight is 242 g/mol. The molecule has 0 radical (unpaired) electrons. The second-order valence-electron chi connectivity index (χ2n) is 3.53. The van der Waals surface area contributed by atoms with Crippen molar-refractivity contribution in [3.8, 4) is 0 Å². The topological polar surface area (TPSA) is 33.1 Å². The predicted molar refractivity (Wildman–Crippen MR) is 54.4 cm³/mol. The number of hydrogen-bond donors (Lipinski definition) is 1. The van der Waals surface area contributed by atoms with Gasteiger partial charge in [-0.05, 0) is 46.8 Å². The Balaban J connectivity index is 2.52. The van der Waals surface area contributed by atoms with Crippen molar-refractivity contribution in [2.45, 2.75) is 31.8 Å². The number of rotatable bonds is 1. The molecule has 0 saturated carbocycles. The number of aromatic nitrogens is 1. The van der Waals surface area contributed by atoms with Crippen molar-refractivity contribution < 1.29 is 5.11 Å². The van der Waals surface area contributed by atoms with Crippen LogP contribution in [0.2, 0.25) is 0 Å². The second-order valence-corrected chi connectivity index (χ2v) is 4.34. The molecule has 0 bridgehead atoms. The van der Waals surface area contributed by atoms with Crippen LogP contribution in [0.15, 0.2) is 16.7 Å². The van der Waals surface area contributed by atoms with Gasteiger partial charge in [-0.25, -0.2) is 4.98 Å². The Hall–Kier alpha value is -0.410. The largest absolute Gasteiger partial charge is 0.384 e. The van der Waals surface area contributed by atoms with Crippen molar-refractivity contribution >= 4 is 15.9 Å². The summed E-state index contributed by atoms with van der Waals surface area (Å²) in [6.07, 6.45) is 2.49. The molecule has 3 heteroatoms. The van der Waals surface area contributed by atoms with Crippen LogP contribution in [-0.2, 0) is 12.0 Å². The average Bonchev–Trinajstić information content (AvgIpc) is 2.45. The van der Waals surface area contributed by atoms with E-state index in [2.05, 4.69) is 20.9 Å². The van der Waals surface area contributed by atoms with Crippen LogP contribution in [0, 0.1) is 0 Å². The lowest BCUT2D eigenvalue weighted by molar-refractivity contribution is 0.0305. The molecule has 13 heavy (non-hydrogen) atoms. The van der Waals surface area contributed by atoms with Crippen LogP contribution in [0.3, 0.4) is 0 Å². The molecule has 1 aromatic heterocycles. The molecule has 1 atom stereocenters. The highest BCUT2D eigenvalue weighted by Crippen LogP contribution is 2.38. The third-order valence-corrected chi connectivity index (χ3v) is 3.22. The fraction of sp³-hybridized carbons (Fsp3) is 0.500. The van der Waals surface area contributed by atoms with Gasteiger partial charge in [0.25, 0.3) is 0 Å². The van der Waals surface area contributed by atoms with Gasteiger partial charge < -0.3 is 5.11 Å². The van der Waals surface area contributed by atoms with Crippen molar-refractivity contribution in [1.29, 1.82) is 0 Å². The predicted octanol–water partition coefficient (Wildman–Crippen LogP) is 2.39. The first-order chi connectivity index (χ1) is 6.15. The molecule has 1 aliphatic rings. The maximum Gasteiger partial charge on any atom is 0.107 e. The van der Waals surface area contributed by atoms with E-state index in [0.717, 1.165) is 29.6 Å². The number of pyridine rings is 1. The molecule has 0 spiro atoms. The molecule has 1 aliphatic carbocycles. The highest BCUT2D eigenvalue weighted by atomic mass is 79.9. The molecule has 1 N–H and O–H groups in total. The second kappa shape index (κ2) is 3.07. The van der Waals surface area contributed by atoms with Crippen molar-refractivity contribution in [1.82, 2.24) is 4.98 Å². The van der Waals surface area contributed by atoms with Gasteiger partial charge in [0, 0.05) is 0 Å². The normalized spacial score (nSPS) is 26.1. The molecule has 0 aromatic carbocycles. The standard InChI is InChI=1S/C10H12BrNO/c1-2-10(13)6-5-7-3-4-8(11)12-9(7)10/h3-4,13H,2,5-6H2,1H3/t10-/m0/s1. The number of hydrogen-bond acceptors (Lipinski definition) is 2. The van der Waals surface area contributed by atoms with E-state index in [1.54, 1.807) is 0 Å². The molecule has 0 amide bonds. The van der Waals surface area contributed by atoms with Gasteiger partial charge in [-0.15, -0.1) is 0 Å². The van der Waals surface area contributed by atoms with Gasteiger partial charge in [0.1, 0.15) is 10.2 Å². The third-order valence-electron chi connectivity index (χ3n) is 2.78. The molecule has 0 fully saturated rings. The number of halogens is 1. The zero-order valence-corrected chi connectivity index (χ0v) is 9.13. The zero-order valence-electron chi connectivity index (χ0n) is 7.55. The Bertz CT molecular complexity index is 340. The van der Waals surface area contributed by atoms with E-state index < -0.39 is 5.60 Å².